The van der Waals surface area contributed by atoms with Gasteiger partial charge >= 0.3 is 0 Å². The normalized spacial score (nSPS) is 34.1. The van der Waals surface area contributed by atoms with Gasteiger partial charge in [-0.05, 0) is 32.7 Å². The Balaban J connectivity index is 0.00000112. The average molecular weight is 235 g/mol. The van der Waals surface area contributed by atoms with Gasteiger partial charge in [0.2, 0.25) is 5.91 Å². The first kappa shape index (κ1) is 12.7. The minimum Gasteiger partial charge on any atom is -0.373 e. The van der Waals surface area contributed by atoms with Crippen LogP contribution in [0.25, 0.3) is 0 Å². The molecule has 0 aromatic heterocycles. The van der Waals surface area contributed by atoms with Gasteiger partial charge in [-0.3, -0.25) is 4.79 Å². The standard InChI is InChI=1S/C10H18N2O2.ClH/c1-10(4-2-6-14-10)7-12-9(13)8-3-5-11-8;/h8,11H,2-7H2,1H3,(H,12,13);1H/t8-,10?;/m1./s1. The van der Waals surface area contributed by atoms with E-state index < -0.39 is 0 Å². The molecule has 0 radical (unpaired) electrons. The molecule has 2 N–H and O–H groups in total. The molecular weight excluding hydrogens is 216 g/mol. The summed E-state index contributed by atoms with van der Waals surface area (Å²) in [7, 11) is 0. The number of rotatable bonds is 3. The van der Waals surface area contributed by atoms with Crippen LogP contribution in [0.2, 0.25) is 0 Å². The lowest BCUT2D eigenvalue weighted by Crippen LogP contribution is -2.55. The van der Waals surface area contributed by atoms with Gasteiger partial charge in [0.25, 0.3) is 0 Å². The van der Waals surface area contributed by atoms with E-state index in [0.29, 0.717) is 6.54 Å². The van der Waals surface area contributed by atoms with E-state index in [9.17, 15) is 4.79 Å². The molecule has 1 amide bonds. The molecule has 0 bridgehead atoms. The minimum absolute atomic E-state index is 0. The summed E-state index contributed by atoms with van der Waals surface area (Å²) in [6.07, 6.45) is 3.11. The fourth-order valence-corrected chi connectivity index (χ4v) is 1.89. The number of hydrogen-bond donors (Lipinski definition) is 2. The van der Waals surface area contributed by atoms with Crippen LogP contribution >= 0.6 is 12.4 Å². The summed E-state index contributed by atoms with van der Waals surface area (Å²) in [6.45, 7) is 4.50. The van der Waals surface area contributed by atoms with E-state index in [1.54, 1.807) is 0 Å². The fraction of sp³-hybridized carbons (Fsp3) is 0.900. The zero-order valence-electron chi connectivity index (χ0n) is 9.04. The van der Waals surface area contributed by atoms with E-state index in [2.05, 4.69) is 17.6 Å². The summed E-state index contributed by atoms with van der Waals surface area (Å²) in [5.74, 6) is 0.118. The zero-order chi connectivity index (χ0) is 10.0. The molecule has 15 heavy (non-hydrogen) atoms. The van der Waals surface area contributed by atoms with Crippen LogP contribution in [-0.2, 0) is 9.53 Å². The first-order valence-corrected chi connectivity index (χ1v) is 5.35. The third-order valence-electron chi connectivity index (χ3n) is 3.08. The summed E-state index contributed by atoms with van der Waals surface area (Å²) >= 11 is 0. The van der Waals surface area contributed by atoms with Gasteiger partial charge in [0, 0.05) is 13.2 Å². The molecule has 2 heterocycles. The SMILES string of the molecule is CC1(CNC(=O)[C@H]2CCN2)CCCO1.Cl. The molecule has 2 aliphatic rings. The van der Waals surface area contributed by atoms with Crippen LogP contribution in [0, 0.1) is 0 Å². The number of hydrogen-bond acceptors (Lipinski definition) is 3. The molecule has 0 aromatic carbocycles. The molecule has 0 aliphatic carbocycles. The van der Waals surface area contributed by atoms with Crippen molar-refractivity contribution in [1.29, 1.82) is 0 Å². The van der Waals surface area contributed by atoms with Crippen molar-refractivity contribution in [2.75, 3.05) is 19.7 Å². The van der Waals surface area contributed by atoms with Crippen LogP contribution in [-0.4, -0.2) is 37.2 Å². The topological polar surface area (TPSA) is 50.4 Å². The fourth-order valence-electron chi connectivity index (χ4n) is 1.89. The lowest BCUT2D eigenvalue weighted by atomic mass is 10.0. The first-order valence-electron chi connectivity index (χ1n) is 5.35. The van der Waals surface area contributed by atoms with Gasteiger partial charge in [-0.2, -0.15) is 0 Å². The maximum atomic E-state index is 11.5. The number of halogens is 1. The van der Waals surface area contributed by atoms with Crippen LogP contribution in [0.3, 0.4) is 0 Å². The molecule has 1 unspecified atom stereocenters. The second kappa shape index (κ2) is 5.14. The smallest absolute Gasteiger partial charge is 0.237 e. The molecule has 2 fully saturated rings. The van der Waals surface area contributed by atoms with Crippen LogP contribution in [0.5, 0.6) is 0 Å². The highest BCUT2D eigenvalue weighted by Crippen LogP contribution is 2.23. The van der Waals surface area contributed by atoms with Gasteiger partial charge in [0.15, 0.2) is 0 Å². The summed E-state index contributed by atoms with van der Waals surface area (Å²) in [5, 5.41) is 6.02. The van der Waals surface area contributed by atoms with E-state index in [1.807, 2.05) is 0 Å². The first-order chi connectivity index (χ1) is 6.70. The van der Waals surface area contributed by atoms with Crippen molar-refractivity contribution in [2.24, 2.45) is 0 Å². The van der Waals surface area contributed by atoms with E-state index >= 15 is 0 Å². The average Bonchev–Trinajstić information content (AvgIpc) is 2.47. The quantitative estimate of drug-likeness (QED) is 0.746. The van der Waals surface area contributed by atoms with Gasteiger partial charge in [-0.15, -0.1) is 12.4 Å². The summed E-state index contributed by atoms with van der Waals surface area (Å²) < 4.78 is 5.59. The molecule has 2 saturated heterocycles. The van der Waals surface area contributed by atoms with E-state index in [0.717, 1.165) is 32.4 Å². The number of carbonyl (C=O) groups excluding carboxylic acids is 1. The van der Waals surface area contributed by atoms with Gasteiger partial charge in [-0.1, -0.05) is 0 Å². The van der Waals surface area contributed by atoms with Crippen molar-refractivity contribution in [1.82, 2.24) is 10.6 Å². The Bertz CT molecular complexity index is 225. The lowest BCUT2D eigenvalue weighted by Gasteiger charge is -2.29. The number of ether oxygens (including phenoxy) is 1. The third-order valence-corrected chi connectivity index (χ3v) is 3.08. The second-order valence-electron chi connectivity index (χ2n) is 4.42. The molecule has 2 aliphatic heterocycles. The predicted molar refractivity (Wildman–Crippen MR) is 60.3 cm³/mol. The van der Waals surface area contributed by atoms with Gasteiger partial charge in [-0.25, -0.2) is 0 Å². The Kier molecular flexibility index (Phi) is 4.37. The van der Waals surface area contributed by atoms with Crippen LogP contribution in [0.15, 0.2) is 0 Å². The monoisotopic (exact) mass is 234 g/mol. The lowest BCUT2D eigenvalue weighted by molar-refractivity contribution is -0.126. The largest absolute Gasteiger partial charge is 0.373 e. The highest BCUT2D eigenvalue weighted by atomic mass is 35.5. The van der Waals surface area contributed by atoms with Crippen molar-refractivity contribution >= 4 is 18.3 Å². The Morgan fingerprint density at radius 2 is 2.40 bits per heavy atom. The van der Waals surface area contributed by atoms with E-state index in [1.165, 1.54) is 0 Å². The summed E-state index contributed by atoms with van der Waals surface area (Å²) in [4.78, 5) is 11.5. The Morgan fingerprint density at radius 1 is 1.67 bits per heavy atom. The summed E-state index contributed by atoms with van der Waals surface area (Å²) in [6, 6.07) is 0.0417. The third kappa shape index (κ3) is 3.06. The molecule has 2 rings (SSSR count). The van der Waals surface area contributed by atoms with Crippen LogP contribution < -0.4 is 10.6 Å². The Hall–Kier alpha value is -0.320. The maximum Gasteiger partial charge on any atom is 0.237 e. The minimum atomic E-state index is -0.126. The molecule has 88 valence electrons. The number of carbonyl (C=O) groups is 1. The Morgan fingerprint density at radius 3 is 2.87 bits per heavy atom. The maximum absolute atomic E-state index is 11.5. The van der Waals surface area contributed by atoms with Crippen LogP contribution in [0.4, 0.5) is 0 Å². The van der Waals surface area contributed by atoms with Crippen molar-refractivity contribution in [3.63, 3.8) is 0 Å². The highest BCUT2D eigenvalue weighted by Gasteiger charge is 2.32. The number of amides is 1. The summed E-state index contributed by atoms with van der Waals surface area (Å²) in [5.41, 5.74) is -0.126. The van der Waals surface area contributed by atoms with Crippen LogP contribution in [0.1, 0.15) is 26.2 Å². The van der Waals surface area contributed by atoms with E-state index in [-0.39, 0.29) is 30.0 Å². The molecule has 5 heteroatoms. The second-order valence-corrected chi connectivity index (χ2v) is 4.42. The molecular formula is C10H19ClN2O2. The van der Waals surface area contributed by atoms with Gasteiger partial charge in [0.05, 0.1) is 11.6 Å². The molecule has 0 spiro atoms. The zero-order valence-corrected chi connectivity index (χ0v) is 9.86. The van der Waals surface area contributed by atoms with Gasteiger partial charge < -0.3 is 15.4 Å². The van der Waals surface area contributed by atoms with Crippen molar-refractivity contribution in [3.05, 3.63) is 0 Å². The Labute approximate surface area is 96.5 Å². The van der Waals surface area contributed by atoms with Crippen molar-refractivity contribution in [3.8, 4) is 0 Å². The van der Waals surface area contributed by atoms with Gasteiger partial charge in [0.1, 0.15) is 0 Å². The van der Waals surface area contributed by atoms with Crippen molar-refractivity contribution < 1.29 is 9.53 Å². The number of nitrogens with one attached hydrogen (secondary N) is 2. The molecule has 0 aromatic rings. The predicted octanol–water partition coefficient (Wildman–Crippen LogP) is 0.455. The molecule has 0 saturated carbocycles. The molecule has 4 nitrogen and oxygen atoms in total. The van der Waals surface area contributed by atoms with E-state index in [4.69, 9.17) is 4.74 Å². The highest BCUT2D eigenvalue weighted by molar-refractivity contribution is 5.85. The molecule has 2 atom stereocenters. The van der Waals surface area contributed by atoms with Crippen molar-refractivity contribution in [2.45, 2.75) is 37.8 Å².